The first-order valence-electron chi connectivity index (χ1n) is 11.8. The van der Waals surface area contributed by atoms with Crippen LogP contribution >= 0.6 is 0 Å². The summed E-state index contributed by atoms with van der Waals surface area (Å²) in [6.45, 7) is 7.70. The van der Waals surface area contributed by atoms with E-state index < -0.39 is 0 Å². The van der Waals surface area contributed by atoms with Crippen molar-refractivity contribution >= 4 is 5.91 Å². The fraction of sp³-hybridized carbons (Fsp3) is 0.600. The van der Waals surface area contributed by atoms with Gasteiger partial charge in [0.15, 0.2) is 0 Å². The molecule has 1 aliphatic heterocycles. The molecule has 7 heteroatoms. The first-order chi connectivity index (χ1) is 15.5. The van der Waals surface area contributed by atoms with Gasteiger partial charge in [-0.05, 0) is 37.2 Å². The second-order valence-electron chi connectivity index (χ2n) is 9.46. The van der Waals surface area contributed by atoms with Crippen molar-refractivity contribution in [2.75, 3.05) is 32.8 Å². The van der Waals surface area contributed by atoms with Crippen LogP contribution in [0.25, 0.3) is 0 Å². The third kappa shape index (κ3) is 5.05. The maximum absolute atomic E-state index is 12.8. The third-order valence-corrected chi connectivity index (χ3v) is 7.11. The van der Waals surface area contributed by atoms with Crippen LogP contribution in [0.3, 0.4) is 0 Å². The number of carbonyl (C=O) groups excluding carboxylic acids is 1. The number of aliphatic hydroxyl groups is 1. The van der Waals surface area contributed by atoms with Crippen molar-refractivity contribution in [3.63, 3.8) is 0 Å². The molecule has 1 aliphatic carbocycles. The maximum atomic E-state index is 12.8. The molecule has 32 heavy (non-hydrogen) atoms. The number of nitrogens with zero attached hydrogens (tertiary/aromatic N) is 2. The molecule has 0 bridgehead atoms. The van der Waals surface area contributed by atoms with Crippen LogP contribution < -0.4 is 5.32 Å². The van der Waals surface area contributed by atoms with Gasteiger partial charge in [0.25, 0.3) is 5.91 Å². The van der Waals surface area contributed by atoms with Gasteiger partial charge in [0.2, 0.25) is 5.76 Å². The van der Waals surface area contributed by atoms with Gasteiger partial charge >= 0.3 is 0 Å². The van der Waals surface area contributed by atoms with Crippen LogP contribution in [0.5, 0.6) is 0 Å². The standard InChI is InChI=1S/C25H35N3O4/c1-18(2)20-16-23(32-27-20)24(30)26-17-25(19-6-4-3-5-7-19)10-8-21(22(29)9-11-25)28-12-14-31-15-13-28/h3-7,16,18,21-22,29H,8-15,17H2,1-2H3,(H,26,30)/t21-,22-,25-/m1/s1. The highest BCUT2D eigenvalue weighted by atomic mass is 16.5. The lowest BCUT2D eigenvalue weighted by Gasteiger charge is -2.37. The Hall–Kier alpha value is -2.22. The Kier molecular flexibility index (Phi) is 7.28. The molecule has 2 fully saturated rings. The summed E-state index contributed by atoms with van der Waals surface area (Å²) in [5.41, 5.74) is 1.74. The highest BCUT2D eigenvalue weighted by Gasteiger charge is 2.40. The lowest BCUT2D eigenvalue weighted by Crippen LogP contribution is -2.48. The summed E-state index contributed by atoms with van der Waals surface area (Å²) in [5, 5.41) is 18.1. The Morgan fingerprint density at radius 2 is 1.94 bits per heavy atom. The van der Waals surface area contributed by atoms with Gasteiger partial charge < -0.3 is 19.7 Å². The summed E-state index contributed by atoms with van der Waals surface area (Å²) in [5.74, 6) is 0.211. The van der Waals surface area contributed by atoms with Gasteiger partial charge in [-0.15, -0.1) is 0 Å². The highest BCUT2D eigenvalue weighted by Crippen LogP contribution is 2.39. The van der Waals surface area contributed by atoms with Crippen molar-refractivity contribution in [2.24, 2.45) is 0 Å². The molecule has 174 valence electrons. The molecule has 1 aromatic carbocycles. The molecule has 1 aromatic heterocycles. The fourth-order valence-corrected chi connectivity index (χ4v) is 5.06. The Morgan fingerprint density at radius 3 is 2.62 bits per heavy atom. The first kappa shape index (κ1) is 23.0. The molecular formula is C25H35N3O4. The van der Waals surface area contributed by atoms with Crippen molar-refractivity contribution in [1.82, 2.24) is 15.4 Å². The van der Waals surface area contributed by atoms with Crippen molar-refractivity contribution in [3.05, 3.63) is 53.4 Å². The molecule has 2 aliphatic rings. The van der Waals surface area contributed by atoms with Gasteiger partial charge in [0, 0.05) is 37.2 Å². The number of ether oxygens (including phenoxy) is 1. The Morgan fingerprint density at radius 1 is 1.22 bits per heavy atom. The summed E-state index contributed by atoms with van der Waals surface area (Å²) in [7, 11) is 0. The van der Waals surface area contributed by atoms with Gasteiger partial charge in [-0.3, -0.25) is 9.69 Å². The minimum absolute atomic E-state index is 0.128. The van der Waals surface area contributed by atoms with Crippen molar-refractivity contribution in [1.29, 1.82) is 0 Å². The molecule has 2 N–H and O–H groups in total. The smallest absolute Gasteiger partial charge is 0.289 e. The SMILES string of the molecule is CC(C)c1cc(C(=O)NC[C@]2(c3ccccc3)CC[C@@H](O)[C@H](N3CCOCC3)CC2)on1. The molecule has 1 saturated carbocycles. The normalized spacial score (nSPS) is 27.2. The molecule has 4 rings (SSSR count). The number of amides is 1. The van der Waals surface area contributed by atoms with E-state index in [0.29, 0.717) is 13.0 Å². The van der Waals surface area contributed by atoms with Crippen LogP contribution in [0.15, 0.2) is 40.9 Å². The van der Waals surface area contributed by atoms with Crippen LogP contribution in [0.2, 0.25) is 0 Å². The number of nitrogens with one attached hydrogen (secondary N) is 1. The monoisotopic (exact) mass is 441 g/mol. The first-order valence-corrected chi connectivity index (χ1v) is 11.8. The Balaban J connectivity index is 1.51. The van der Waals surface area contributed by atoms with Crippen molar-refractivity contribution in [3.8, 4) is 0 Å². The van der Waals surface area contributed by atoms with Crippen LogP contribution in [0.4, 0.5) is 0 Å². The average Bonchev–Trinajstić information content (AvgIpc) is 3.26. The van der Waals surface area contributed by atoms with E-state index in [4.69, 9.17) is 9.26 Å². The molecule has 0 radical (unpaired) electrons. The zero-order valence-electron chi connectivity index (χ0n) is 19.1. The van der Waals surface area contributed by atoms with E-state index in [2.05, 4.69) is 27.5 Å². The van der Waals surface area contributed by atoms with Crippen molar-refractivity contribution < 1.29 is 19.2 Å². The van der Waals surface area contributed by atoms with E-state index >= 15 is 0 Å². The molecule has 2 aromatic rings. The number of aromatic nitrogens is 1. The minimum Gasteiger partial charge on any atom is -0.391 e. The maximum Gasteiger partial charge on any atom is 0.289 e. The molecule has 3 atom stereocenters. The highest BCUT2D eigenvalue weighted by molar-refractivity contribution is 5.91. The summed E-state index contributed by atoms with van der Waals surface area (Å²) < 4.78 is 10.8. The summed E-state index contributed by atoms with van der Waals surface area (Å²) in [6, 6.07) is 12.2. The van der Waals surface area contributed by atoms with E-state index in [1.165, 1.54) is 5.56 Å². The van der Waals surface area contributed by atoms with Gasteiger partial charge in [0.05, 0.1) is 25.0 Å². The summed E-state index contributed by atoms with van der Waals surface area (Å²) in [6.07, 6.45) is 2.91. The molecule has 7 nitrogen and oxygen atoms in total. The van der Waals surface area contributed by atoms with Crippen LogP contribution in [0.1, 0.15) is 67.3 Å². The third-order valence-electron chi connectivity index (χ3n) is 7.11. The lowest BCUT2D eigenvalue weighted by molar-refractivity contribution is -0.0236. The molecule has 1 saturated heterocycles. The molecule has 0 spiro atoms. The topological polar surface area (TPSA) is 87.8 Å². The van der Waals surface area contributed by atoms with Gasteiger partial charge in [-0.25, -0.2) is 0 Å². The van der Waals surface area contributed by atoms with Crippen LogP contribution in [-0.4, -0.2) is 66.1 Å². The van der Waals surface area contributed by atoms with E-state index in [1.54, 1.807) is 6.07 Å². The number of carbonyl (C=O) groups is 1. The van der Waals surface area contributed by atoms with E-state index in [-0.39, 0.29) is 35.1 Å². The lowest BCUT2D eigenvalue weighted by atomic mass is 9.74. The Labute approximate surface area is 190 Å². The molecule has 2 heterocycles. The summed E-state index contributed by atoms with van der Waals surface area (Å²) >= 11 is 0. The van der Waals surface area contributed by atoms with Gasteiger partial charge in [0.1, 0.15) is 0 Å². The van der Waals surface area contributed by atoms with Crippen molar-refractivity contribution in [2.45, 2.75) is 63.0 Å². The second-order valence-corrected chi connectivity index (χ2v) is 9.46. The number of benzene rings is 1. The fourth-order valence-electron chi connectivity index (χ4n) is 5.06. The zero-order valence-corrected chi connectivity index (χ0v) is 19.1. The largest absolute Gasteiger partial charge is 0.391 e. The van der Waals surface area contributed by atoms with Gasteiger partial charge in [-0.2, -0.15) is 0 Å². The Bertz CT molecular complexity index is 878. The molecule has 1 amide bonds. The predicted octanol–water partition coefficient (Wildman–Crippen LogP) is 3.10. The number of hydrogen-bond donors (Lipinski definition) is 2. The number of hydrogen-bond acceptors (Lipinski definition) is 6. The number of aliphatic hydroxyl groups excluding tert-OH is 1. The van der Waals surface area contributed by atoms with Crippen LogP contribution in [0, 0.1) is 0 Å². The number of morpholine rings is 1. The average molecular weight is 442 g/mol. The van der Waals surface area contributed by atoms with Crippen LogP contribution in [-0.2, 0) is 10.2 Å². The molecule has 0 unspecified atom stereocenters. The van der Waals surface area contributed by atoms with E-state index in [0.717, 1.165) is 51.3 Å². The van der Waals surface area contributed by atoms with E-state index in [1.807, 2.05) is 32.0 Å². The molecular weight excluding hydrogens is 406 g/mol. The predicted molar refractivity (Wildman–Crippen MR) is 122 cm³/mol. The van der Waals surface area contributed by atoms with E-state index in [9.17, 15) is 9.90 Å². The zero-order chi connectivity index (χ0) is 22.6. The second kappa shape index (κ2) is 10.1. The minimum atomic E-state index is -0.378. The quantitative estimate of drug-likeness (QED) is 0.670. The van der Waals surface area contributed by atoms with Gasteiger partial charge in [-0.1, -0.05) is 49.3 Å². The number of rotatable bonds is 6. The summed E-state index contributed by atoms with van der Waals surface area (Å²) in [4.78, 5) is 15.2.